The number of rotatable bonds is 7. The van der Waals surface area contributed by atoms with Crippen LogP contribution in [0.15, 0.2) is 84.9 Å². The predicted molar refractivity (Wildman–Crippen MR) is 112 cm³/mol. The highest BCUT2D eigenvalue weighted by Crippen LogP contribution is 2.43. The molecule has 0 amide bonds. The van der Waals surface area contributed by atoms with Crippen LogP contribution < -0.4 is 0 Å². The van der Waals surface area contributed by atoms with Crippen molar-refractivity contribution in [3.8, 4) is 0 Å². The topological polar surface area (TPSA) is 35.5 Å². The van der Waals surface area contributed by atoms with Gasteiger partial charge in [-0.05, 0) is 18.1 Å². The second kappa shape index (κ2) is 9.35. The highest BCUT2D eigenvalue weighted by Gasteiger charge is 2.64. The third-order valence-electron chi connectivity index (χ3n) is 5.24. The maximum Gasteiger partial charge on any atom is 0.432 e. The van der Waals surface area contributed by atoms with Gasteiger partial charge in [-0.1, -0.05) is 90.5 Å². The lowest BCUT2D eigenvalue weighted by Gasteiger charge is -2.33. The van der Waals surface area contributed by atoms with Crippen LogP contribution in [0.1, 0.15) is 28.2 Å². The Balaban J connectivity index is 1.94. The molecule has 0 aliphatic rings. The second-order valence-electron chi connectivity index (χ2n) is 7.22. The van der Waals surface area contributed by atoms with Crippen LogP contribution in [0.25, 0.3) is 0 Å². The minimum absolute atomic E-state index is 0.264. The number of carbonyl (C=O) groups excluding carboxylic acids is 1. The number of halogens is 3. The zero-order valence-electron chi connectivity index (χ0n) is 17.2. The Kier molecular flexibility index (Phi) is 6.81. The fraction of sp³-hybridized carbons (Fsp3) is 0.240. The van der Waals surface area contributed by atoms with E-state index in [9.17, 15) is 18.0 Å². The van der Waals surface area contributed by atoms with Gasteiger partial charge in [-0.25, -0.2) is 4.79 Å². The van der Waals surface area contributed by atoms with Crippen LogP contribution in [0.5, 0.6) is 0 Å². The zero-order valence-corrected chi connectivity index (χ0v) is 17.2. The van der Waals surface area contributed by atoms with Gasteiger partial charge in [0, 0.05) is 18.6 Å². The largest absolute Gasteiger partial charge is 0.462 e. The Morgan fingerprint density at radius 2 is 1.35 bits per heavy atom. The molecule has 0 saturated carbocycles. The summed E-state index contributed by atoms with van der Waals surface area (Å²) in [5.74, 6) is -1.92. The molecule has 2 unspecified atom stereocenters. The molecule has 0 aliphatic heterocycles. The molecule has 162 valence electrons. The molecule has 0 saturated heterocycles. The number of alkyl halides is 3. The van der Waals surface area contributed by atoms with Gasteiger partial charge in [-0.3, -0.25) is 0 Å². The lowest BCUT2D eigenvalue weighted by atomic mass is 9.90. The lowest BCUT2D eigenvalue weighted by molar-refractivity contribution is -0.276. The van der Waals surface area contributed by atoms with Crippen molar-refractivity contribution in [2.24, 2.45) is 0 Å². The van der Waals surface area contributed by atoms with Crippen LogP contribution >= 0.6 is 0 Å². The van der Waals surface area contributed by atoms with E-state index < -0.39 is 23.7 Å². The van der Waals surface area contributed by atoms with Gasteiger partial charge in [0.15, 0.2) is 0 Å². The van der Waals surface area contributed by atoms with E-state index in [1.165, 1.54) is 24.3 Å². The molecule has 3 nitrogen and oxygen atoms in total. The van der Waals surface area contributed by atoms with Crippen molar-refractivity contribution in [1.82, 2.24) is 0 Å². The van der Waals surface area contributed by atoms with E-state index in [1.807, 2.05) is 61.5 Å². The van der Waals surface area contributed by atoms with Crippen molar-refractivity contribution >= 4 is 5.97 Å². The summed E-state index contributed by atoms with van der Waals surface area (Å²) in [6, 6.07) is 23.6. The van der Waals surface area contributed by atoms with Crippen LogP contribution in [0.3, 0.4) is 0 Å². The standard InChI is InChI=1S/C25H23F3O3/c1-18-13-15-20(16-14-18)22(19-9-5-3-6-10-19)17-31-23(29)24(30-2,25(26,27)28)21-11-7-4-8-12-21/h3-16,22H,17H2,1-2H3. The molecule has 0 bridgehead atoms. The molecule has 3 aromatic carbocycles. The third-order valence-corrected chi connectivity index (χ3v) is 5.24. The van der Waals surface area contributed by atoms with Gasteiger partial charge in [0.1, 0.15) is 6.61 Å². The molecule has 3 aromatic rings. The fourth-order valence-corrected chi connectivity index (χ4v) is 3.52. The van der Waals surface area contributed by atoms with Crippen LogP contribution in [0.2, 0.25) is 0 Å². The Morgan fingerprint density at radius 1 is 0.839 bits per heavy atom. The highest BCUT2D eigenvalue weighted by molar-refractivity contribution is 5.82. The Hall–Kier alpha value is -3.12. The number of hydrogen-bond donors (Lipinski definition) is 0. The first kappa shape index (κ1) is 22.6. The number of aryl methyl sites for hydroxylation is 1. The maximum absolute atomic E-state index is 14.1. The van der Waals surface area contributed by atoms with Gasteiger partial charge in [-0.15, -0.1) is 0 Å². The van der Waals surface area contributed by atoms with Crippen molar-refractivity contribution in [3.05, 3.63) is 107 Å². The average Bonchev–Trinajstić information content (AvgIpc) is 2.76. The molecule has 3 rings (SSSR count). The van der Waals surface area contributed by atoms with Crippen LogP contribution in [0.4, 0.5) is 13.2 Å². The monoisotopic (exact) mass is 428 g/mol. The normalized spacial score (nSPS) is 14.5. The van der Waals surface area contributed by atoms with E-state index >= 15 is 0 Å². The molecule has 0 aliphatic carbocycles. The van der Waals surface area contributed by atoms with Crippen LogP contribution in [0, 0.1) is 6.92 Å². The maximum atomic E-state index is 14.1. The van der Waals surface area contributed by atoms with Crippen molar-refractivity contribution in [3.63, 3.8) is 0 Å². The summed E-state index contributed by atoms with van der Waals surface area (Å²) in [7, 11) is 0.858. The summed E-state index contributed by atoms with van der Waals surface area (Å²) in [4.78, 5) is 12.9. The van der Waals surface area contributed by atoms with E-state index in [0.717, 1.165) is 23.8 Å². The summed E-state index contributed by atoms with van der Waals surface area (Å²) in [6.07, 6.45) is -5.01. The number of hydrogen-bond acceptors (Lipinski definition) is 3. The molecule has 0 fully saturated rings. The summed E-state index contributed by atoms with van der Waals surface area (Å²) < 4.78 is 52.4. The van der Waals surface area contributed by atoms with Crippen LogP contribution in [-0.2, 0) is 19.9 Å². The average molecular weight is 428 g/mol. The van der Waals surface area contributed by atoms with Crippen molar-refractivity contribution in [1.29, 1.82) is 0 Å². The van der Waals surface area contributed by atoms with E-state index in [-0.39, 0.29) is 12.2 Å². The Morgan fingerprint density at radius 3 is 1.87 bits per heavy atom. The molecule has 2 atom stereocenters. The first-order chi connectivity index (χ1) is 14.8. The highest BCUT2D eigenvalue weighted by atomic mass is 19.4. The van der Waals surface area contributed by atoms with Crippen molar-refractivity contribution < 1.29 is 27.4 Å². The quantitative estimate of drug-likeness (QED) is 0.448. The predicted octanol–water partition coefficient (Wildman–Crippen LogP) is 5.77. The van der Waals surface area contributed by atoms with Gasteiger partial charge in [-0.2, -0.15) is 13.2 Å². The number of methoxy groups -OCH3 is 1. The Labute approximate surface area is 179 Å². The minimum atomic E-state index is -5.01. The number of ether oxygens (including phenoxy) is 2. The van der Waals surface area contributed by atoms with Gasteiger partial charge in [0.25, 0.3) is 5.60 Å². The summed E-state index contributed by atoms with van der Waals surface area (Å²) in [5, 5.41) is 0. The van der Waals surface area contributed by atoms with Crippen molar-refractivity contribution in [2.75, 3.05) is 13.7 Å². The number of benzene rings is 3. The van der Waals surface area contributed by atoms with Gasteiger partial charge in [0.2, 0.25) is 0 Å². The first-order valence-corrected chi connectivity index (χ1v) is 9.75. The lowest BCUT2D eigenvalue weighted by Crippen LogP contribution is -2.52. The Bertz CT molecular complexity index is 986. The zero-order chi connectivity index (χ0) is 22.5. The van der Waals surface area contributed by atoms with E-state index in [1.54, 1.807) is 6.07 Å². The smallest absolute Gasteiger partial charge is 0.432 e. The van der Waals surface area contributed by atoms with Gasteiger partial charge >= 0.3 is 12.1 Å². The van der Waals surface area contributed by atoms with Gasteiger partial charge in [0.05, 0.1) is 0 Å². The first-order valence-electron chi connectivity index (χ1n) is 9.75. The molecule has 31 heavy (non-hydrogen) atoms. The number of carbonyl (C=O) groups is 1. The molecular weight excluding hydrogens is 405 g/mol. The minimum Gasteiger partial charge on any atom is -0.462 e. The molecule has 0 radical (unpaired) electrons. The molecule has 0 heterocycles. The van der Waals surface area contributed by atoms with Crippen molar-refractivity contribution in [2.45, 2.75) is 24.6 Å². The summed E-state index contributed by atoms with van der Waals surface area (Å²) in [5.41, 5.74) is -0.829. The SMILES string of the molecule is COC(C(=O)OCC(c1ccccc1)c1ccc(C)cc1)(c1ccccc1)C(F)(F)F. The van der Waals surface area contributed by atoms with E-state index in [2.05, 4.69) is 0 Å². The summed E-state index contributed by atoms with van der Waals surface area (Å²) >= 11 is 0. The molecule has 6 heteroatoms. The van der Waals surface area contributed by atoms with Gasteiger partial charge < -0.3 is 9.47 Å². The van der Waals surface area contributed by atoms with Crippen LogP contribution in [-0.4, -0.2) is 25.9 Å². The second-order valence-corrected chi connectivity index (χ2v) is 7.22. The van der Waals surface area contributed by atoms with E-state index in [4.69, 9.17) is 9.47 Å². The molecular formula is C25H23F3O3. The molecule has 0 spiro atoms. The van der Waals surface area contributed by atoms with E-state index in [0.29, 0.717) is 0 Å². The fourth-order valence-electron chi connectivity index (χ4n) is 3.52. The molecule has 0 aromatic heterocycles. The third kappa shape index (κ3) is 4.64. The number of esters is 1. The summed E-state index contributed by atoms with van der Waals surface area (Å²) in [6.45, 7) is 1.68. The molecule has 0 N–H and O–H groups in total.